The highest BCUT2D eigenvalue weighted by Gasteiger charge is 2.43. The molecule has 0 saturated carbocycles. The first-order valence-corrected chi connectivity index (χ1v) is 14.0. The number of hydrogen-bond donors (Lipinski definition) is 4. The Kier molecular flexibility index (Phi) is 19.7. The molecule has 1 saturated heterocycles. The van der Waals surface area contributed by atoms with Gasteiger partial charge >= 0.3 is 0 Å². The molecular weight excluding hydrogens is 420 g/mol. The van der Waals surface area contributed by atoms with Gasteiger partial charge in [0.05, 0.1) is 6.61 Å². The molecule has 1 aliphatic heterocycles. The quantitative estimate of drug-likeness (QED) is 0.160. The van der Waals surface area contributed by atoms with E-state index in [1.165, 1.54) is 109 Å². The molecule has 4 N–H and O–H groups in total. The van der Waals surface area contributed by atoms with E-state index in [0.717, 1.165) is 12.8 Å². The van der Waals surface area contributed by atoms with Crippen LogP contribution in [-0.2, 0) is 9.47 Å². The van der Waals surface area contributed by atoms with Gasteiger partial charge in [0.2, 0.25) is 0 Å². The lowest BCUT2D eigenvalue weighted by atomic mass is 9.99. The number of aliphatic hydroxyl groups excluding tert-OH is 4. The van der Waals surface area contributed by atoms with Crippen molar-refractivity contribution in [1.29, 1.82) is 0 Å². The zero-order chi connectivity index (χ0) is 24.2. The molecular formula is C27H54O6. The molecule has 0 bridgehead atoms. The number of rotatable bonds is 22. The first kappa shape index (κ1) is 30.8. The van der Waals surface area contributed by atoms with Gasteiger partial charge in [0.25, 0.3) is 0 Å². The van der Waals surface area contributed by atoms with Gasteiger partial charge in [-0.25, -0.2) is 0 Å². The van der Waals surface area contributed by atoms with Crippen LogP contribution in [0.15, 0.2) is 0 Å². The Morgan fingerprint density at radius 1 is 0.545 bits per heavy atom. The predicted molar refractivity (Wildman–Crippen MR) is 133 cm³/mol. The van der Waals surface area contributed by atoms with Crippen molar-refractivity contribution in [3.63, 3.8) is 0 Å². The van der Waals surface area contributed by atoms with Crippen LogP contribution in [0.2, 0.25) is 0 Å². The zero-order valence-corrected chi connectivity index (χ0v) is 21.3. The highest BCUT2D eigenvalue weighted by Crippen LogP contribution is 2.22. The molecule has 0 unspecified atom stereocenters. The molecule has 1 fully saturated rings. The molecule has 1 aliphatic rings. The Morgan fingerprint density at radius 2 is 0.939 bits per heavy atom. The van der Waals surface area contributed by atoms with E-state index in [-0.39, 0.29) is 0 Å². The van der Waals surface area contributed by atoms with E-state index in [0.29, 0.717) is 6.61 Å². The van der Waals surface area contributed by atoms with Crippen molar-refractivity contribution in [1.82, 2.24) is 0 Å². The molecule has 198 valence electrons. The summed E-state index contributed by atoms with van der Waals surface area (Å²) in [6.45, 7) is 2.28. The Morgan fingerprint density at radius 3 is 1.33 bits per heavy atom. The molecule has 33 heavy (non-hydrogen) atoms. The van der Waals surface area contributed by atoms with Gasteiger partial charge in [-0.1, -0.05) is 122 Å². The Hall–Kier alpha value is -0.240. The van der Waals surface area contributed by atoms with Crippen molar-refractivity contribution in [2.75, 3.05) is 13.2 Å². The average molecular weight is 475 g/mol. The van der Waals surface area contributed by atoms with E-state index in [2.05, 4.69) is 6.92 Å². The predicted octanol–water partition coefficient (Wildman–Crippen LogP) is 5.23. The van der Waals surface area contributed by atoms with Gasteiger partial charge < -0.3 is 29.9 Å². The second kappa shape index (κ2) is 21.1. The van der Waals surface area contributed by atoms with Crippen molar-refractivity contribution < 1.29 is 29.9 Å². The van der Waals surface area contributed by atoms with E-state index in [9.17, 15) is 20.4 Å². The molecule has 1 heterocycles. The van der Waals surface area contributed by atoms with Gasteiger partial charge in [0.15, 0.2) is 6.29 Å². The second-order valence-electron chi connectivity index (χ2n) is 9.93. The summed E-state index contributed by atoms with van der Waals surface area (Å²) in [7, 11) is 0. The van der Waals surface area contributed by atoms with Crippen LogP contribution in [0.3, 0.4) is 0 Å². The fourth-order valence-corrected chi connectivity index (χ4v) is 4.59. The van der Waals surface area contributed by atoms with Crippen LogP contribution in [0.5, 0.6) is 0 Å². The van der Waals surface area contributed by atoms with Gasteiger partial charge in [-0.2, -0.15) is 0 Å². The minimum absolute atomic E-state index is 0.427. The molecule has 0 aromatic heterocycles. The molecule has 0 spiro atoms. The lowest BCUT2D eigenvalue weighted by Crippen LogP contribution is -2.59. The monoisotopic (exact) mass is 474 g/mol. The van der Waals surface area contributed by atoms with Gasteiger partial charge in [-0.05, 0) is 6.42 Å². The van der Waals surface area contributed by atoms with Gasteiger partial charge in [0.1, 0.15) is 24.4 Å². The number of hydrogen-bond acceptors (Lipinski definition) is 6. The molecule has 5 atom stereocenters. The minimum Gasteiger partial charge on any atom is -0.394 e. The number of aliphatic hydroxyl groups is 4. The van der Waals surface area contributed by atoms with Crippen LogP contribution >= 0.6 is 0 Å². The van der Waals surface area contributed by atoms with Crippen molar-refractivity contribution in [3.8, 4) is 0 Å². The van der Waals surface area contributed by atoms with Crippen LogP contribution in [0.1, 0.15) is 129 Å². The molecule has 0 radical (unpaired) electrons. The maximum Gasteiger partial charge on any atom is 0.186 e. The van der Waals surface area contributed by atoms with Crippen LogP contribution in [0.25, 0.3) is 0 Å². The standard InChI is InChI=1S/C27H54O6/c1-2-3-4-5-6-7-8-9-10-11-12-13-14-15-16-17-18-19-20-21-32-27-26(31)25(30)24(29)23(22-28)33-27/h23-31H,2-22H2,1H3/t23-,24-,25+,26-,27+/m1/s1. The zero-order valence-electron chi connectivity index (χ0n) is 21.3. The van der Waals surface area contributed by atoms with Gasteiger partial charge in [-0.15, -0.1) is 0 Å². The highest BCUT2D eigenvalue weighted by molar-refractivity contribution is 4.88. The summed E-state index contributed by atoms with van der Waals surface area (Å²) in [5.41, 5.74) is 0. The molecule has 6 heteroatoms. The van der Waals surface area contributed by atoms with E-state index in [1.54, 1.807) is 0 Å². The second-order valence-corrected chi connectivity index (χ2v) is 9.93. The first-order chi connectivity index (χ1) is 16.1. The van der Waals surface area contributed by atoms with E-state index >= 15 is 0 Å². The summed E-state index contributed by atoms with van der Waals surface area (Å²) in [4.78, 5) is 0. The summed E-state index contributed by atoms with van der Waals surface area (Å²) in [6.07, 6.45) is 19.4. The molecule has 0 aromatic carbocycles. The Bertz CT molecular complexity index is 419. The fourth-order valence-electron chi connectivity index (χ4n) is 4.59. The third-order valence-corrected chi connectivity index (χ3v) is 6.88. The van der Waals surface area contributed by atoms with E-state index < -0.39 is 37.3 Å². The van der Waals surface area contributed by atoms with Crippen molar-refractivity contribution in [3.05, 3.63) is 0 Å². The molecule has 1 rings (SSSR count). The lowest BCUT2D eigenvalue weighted by molar-refractivity contribution is -0.301. The topological polar surface area (TPSA) is 99.4 Å². The average Bonchev–Trinajstić information content (AvgIpc) is 2.82. The van der Waals surface area contributed by atoms with Crippen molar-refractivity contribution >= 4 is 0 Å². The van der Waals surface area contributed by atoms with Crippen LogP contribution < -0.4 is 0 Å². The summed E-state index contributed by atoms with van der Waals surface area (Å²) >= 11 is 0. The third kappa shape index (κ3) is 14.7. The maximum atomic E-state index is 9.94. The highest BCUT2D eigenvalue weighted by atomic mass is 16.7. The summed E-state index contributed by atoms with van der Waals surface area (Å²) in [6, 6.07) is 0. The molecule has 6 nitrogen and oxygen atoms in total. The fraction of sp³-hybridized carbons (Fsp3) is 1.00. The molecule has 0 aliphatic carbocycles. The Labute approximate surface area is 203 Å². The smallest absolute Gasteiger partial charge is 0.186 e. The Balaban J connectivity index is 1.80. The molecule has 0 amide bonds. The largest absolute Gasteiger partial charge is 0.394 e. The number of unbranched alkanes of at least 4 members (excludes halogenated alkanes) is 18. The van der Waals surface area contributed by atoms with Crippen molar-refractivity contribution in [2.24, 2.45) is 0 Å². The summed E-state index contributed by atoms with van der Waals surface area (Å²) in [5, 5.41) is 38.7. The SMILES string of the molecule is CCCCCCCCCCCCCCCCCCCCCO[C@H]1O[C@H](CO)[C@@H](O)[C@H](O)[C@H]1O. The first-order valence-electron chi connectivity index (χ1n) is 14.0. The normalized spacial score (nSPS) is 25.5. The van der Waals surface area contributed by atoms with Crippen LogP contribution in [0, 0.1) is 0 Å². The van der Waals surface area contributed by atoms with Gasteiger partial charge in [-0.3, -0.25) is 0 Å². The van der Waals surface area contributed by atoms with Crippen molar-refractivity contribution in [2.45, 2.75) is 160 Å². The van der Waals surface area contributed by atoms with Gasteiger partial charge in [0, 0.05) is 6.61 Å². The van der Waals surface area contributed by atoms with E-state index in [4.69, 9.17) is 9.47 Å². The maximum absolute atomic E-state index is 9.94. The van der Waals surface area contributed by atoms with Crippen LogP contribution in [0.4, 0.5) is 0 Å². The van der Waals surface area contributed by atoms with E-state index in [1.807, 2.05) is 0 Å². The van der Waals surface area contributed by atoms with Crippen LogP contribution in [-0.4, -0.2) is 64.3 Å². The third-order valence-electron chi connectivity index (χ3n) is 6.88. The summed E-state index contributed by atoms with van der Waals surface area (Å²) in [5.74, 6) is 0. The number of ether oxygens (including phenoxy) is 2. The summed E-state index contributed by atoms with van der Waals surface area (Å²) < 4.78 is 10.9. The minimum atomic E-state index is -1.37. The molecule has 0 aromatic rings. The lowest BCUT2D eigenvalue weighted by Gasteiger charge is -2.39.